The monoisotopic (exact) mass is 683 g/mol. The number of thiocarbonyl (C=S) groups is 1. The fourth-order valence-corrected chi connectivity index (χ4v) is 6.32. The number of anilines is 3. The number of nitrogens with one attached hydrogen (secondary N) is 2. The molecule has 0 amide bonds. The van der Waals surface area contributed by atoms with Gasteiger partial charge in [0.2, 0.25) is 5.79 Å². The van der Waals surface area contributed by atoms with Gasteiger partial charge in [-0.3, -0.25) is 0 Å². The number of aliphatic hydroxyl groups excluding tert-OH is 1. The second-order valence-corrected chi connectivity index (χ2v) is 12.2. The van der Waals surface area contributed by atoms with Crippen molar-refractivity contribution < 1.29 is 19.3 Å². The zero-order valence-corrected chi connectivity index (χ0v) is 27.3. The third kappa shape index (κ3) is 7.83. The lowest BCUT2D eigenvalue weighted by atomic mass is 10.1. The molecule has 1 aromatic heterocycles. The molecule has 3 aromatic carbocycles. The van der Waals surface area contributed by atoms with Crippen molar-refractivity contribution in [3.63, 3.8) is 0 Å². The van der Waals surface area contributed by atoms with E-state index in [0.717, 1.165) is 43.3 Å². The molecule has 3 N–H and O–H groups in total. The highest BCUT2D eigenvalue weighted by Gasteiger charge is 2.45. The summed E-state index contributed by atoms with van der Waals surface area (Å²) in [6.07, 6.45) is 2.75. The number of hydrogen-bond donors (Lipinski definition) is 3. The molecule has 4 aromatic rings. The van der Waals surface area contributed by atoms with Crippen LogP contribution in [0.3, 0.4) is 0 Å². The summed E-state index contributed by atoms with van der Waals surface area (Å²) in [5.74, 6) is -0.399. The summed E-state index contributed by atoms with van der Waals surface area (Å²) in [5, 5.41) is 20.7. The Morgan fingerprint density at radius 1 is 1.00 bits per heavy atom. The SMILES string of the molecule is OCCNC(=S)Nc1ccc(N2CCN(c3ccc(OCC4COC(Cn5cncn5)(c5ccc(Cl)cc5Cl)O4)cc3)CC2)cc1. The summed E-state index contributed by atoms with van der Waals surface area (Å²) in [6, 6.07) is 21.6. The molecule has 2 fully saturated rings. The van der Waals surface area contributed by atoms with Gasteiger partial charge in [0.15, 0.2) is 5.11 Å². The van der Waals surface area contributed by atoms with E-state index in [-0.39, 0.29) is 19.3 Å². The molecule has 3 heterocycles. The zero-order valence-electron chi connectivity index (χ0n) is 25.0. The number of piperazine rings is 1. The van der Waals surface area contributed by atoms with Gasteiger partial charge in [-0.05, 0) is 72.9 Å². The molecule has 242 valence electrons. The Kier molecular flexibility index (Phi) is 10.4. The first-order chi connectivity index (χ1) is 22.4. The molecule has 0 spiro atoms. The van der Waals surface area contributed by atoms with Gasteiger partial charge in [0.25, 0.3) is 0 Å². The molecule has 2 atom stereocenters. The summed E-state index contributed by atoms with van der Waals surface area (Å²) >= 11 is 18.0. The quantitative estimate of drug-likeness (QED) is 0.194. The van der Waals surface area contributed by atoms with Crippen LogP contribution in [0.1, 0.15) is 5.56 Å². The highest BCUT2D eigenvalue weighted by Crippen LogP contribution is 2.40. The molecule has 2 unspecified atom stereocenters. The molecule has 14 heteroatoms. The third-order valence-corrected chi connectivity index (χ3v) is 8.64. The van der Waals surface area contributed by atoms with Crippen molar-refractivity contribution in [3.05, 3.63) is 95.0 Å². The Labute approximate surface area is 283 Å². The number of ether oxygens (including phenoxy) is 3. The van der Waals surface area contributed by atoms with Gasteiger partial charge in [0, 0.05) is 60.4 Å². The van der Waals surface area contributed by atoms with E-state index in [2.05, 4.69) is 54.8 Å². The number of aliphatic hydroxyl groups is 1. The molecule has 46 heavy (non-hydrogen) atoms. The van der Waals surface area contributed by atoms with E-state index in [1.807, 2.05) is 30.3 Å². The number of aromatic nitrogens is 3. The van der Waals surface area contributed by atoms with Gasteiger partial charge in [-0.15, -0.1) is 0 Å². The maximum Gasteiger partial charge on any atom is 0.217 e. The Balaban J connectivity index is 0.999. The molecule has 0 bridgehead atoms. The molecule has 2 aliphatic heterocycles. The first-order valence-corrected chi connectivity index (χ1v) is 16.2. The van der Waals surface area contributed by atoms with Gasteiger partial charge in [0.1, 0.15) is 37.7 Å². The van der Waals surface area contributed by atoms with Crippen LogP contribution in [-0.4, -0.2) is 83.6 Å². The minimum atomic E-state index is -1.15. The Morgan fingerprint density at radius 2 is 1.70 bits per heavy atom. The molecule has 0 saturated carbocycles. The Bertz CT molecular complexity index is 1590. The number of rotatable bonds is 11. The third-order valence-electron chi connectivity index (χ3n) is 7.84. The van der Waals surface area contributed by atoms with Crippen molar-refractivity contribution in [1.82, 2.24) is 20.1 Å². The van der Waals surface area contributed by atoms with Crippen LogP contribution in [0.25, 0.3) is 0 Å². The molecule has 2 saturated heterocycles. The zero-order chi connectivity index (χ0) is 31.9. The van der Waals surface area contributed by atoms with E-state index in [4.69, 9.17) is 54.7 Å². The van der Waals surface area contributed by atoms with E-state index in [1.54, 1.807) is 23.1 Å². The van der Waals surface area contributed by atoms with Crippen molar-refractivity contribution in [2.45, 2.75) is 18.4 Å². The minimum absolute atomic E-state index is 0.0343. The summed E-state index contributed by atoms with van der Waals surface area (Å²) in [4.78, 5) is 8.80. The molecule has 6 rings (SSSR count). The standard InChI is InChI=1S/C32H35Cl2N7O4S/c33-23-1-10-29(30(34)17-23)32(20-41-22-35-21-37-41)44-19-28(45-32)18-43-27-8-6-26(7-9-27)40-14-12-39(13-15-40)25-4-2-24(3-5-25)38-31(46)36-11-16-42/h1-10,17,21-22,28,42H,11-16,18-20H2,(H2,36,38,46). The van der Waals surface area contributed by atoms with E-state index >= 15 is 0 Å². The van der Waals surface area contributed by atoms with Gasteiger partial charge in [-0.25, -0.2) is 9.67 Å². The molecular weight excluding hydrogens is 649 g/mol. The average molecular weight is 685 g/mol. The van der Waals surface area contributed by atoms with Gasteiger partial charge < -0.3 is 39.8 Å². The summed E-state index contributed by atoms with van der Waals surface area (Å²) in [5.41, 5.74) is 3.90. The second-order valence-electron chi connectivity index (χ2n) is 11.0. The van der Waals surface area contributed by atoms with Crippen molar-refractivity contribution in [3.8, 4) is 5.75 Å². The summed E-state index contributed by atoms with van der Waals surface area (Å²) < 4.78 is 20.5. The number of hydrogen-bond acceptors (Lipinski definition) is 9. The molecular formula is C32H35Cl2N7O4S. The van der Waals surface area contributed by atoms with Crippen LogP contribution in [0.15, 0.2) is 79.4 Å². The van der Waals surface area contributed by atoms with Crippen molar-refractivity contribution >= 4 is 57.6 Å². The van der Waals surface area contributed by atoms with E-state index in [0.29, 0.717) is 40.5 Å². The van der Waals surface area contributed by atoms with Crippen LogP contribution in [0.5, 0.6) is 5.75 Å². The fraction of sp³-hybridized carbons (Fsp3) is 0.344. The largest absolute Gasteiger partial charge is 0.491 e. The Morgan fingerprint density at radius 3 is 2.33 bits per heavy atom. The van der Waals surface area contributed by atoms with Gasteiger partial charge in [0.05, 0.1) is 18.2 Å². The Hall–Kier alpha value is -3.65. The molecule has 0 aliphatic carbocycles. The van der Waals surface area contributed by atoms with Gasteiger partial charge >= 0.3 is 0 Å². The lowest BCUT2D eigenvalue weighted by Gasteiger charge is -2.37. The molecule has 0 radical (unpaired) electrons. The number of nitrogens with zero attached hydrogens (tertiary/aromatic N) is 5. The molecule has 11 nitrogen and oxygen atoms in total. The van der Waals surface area contributed by atoms with Gasteiger partial charge in [-0.2, -0.15) is 5.10 Å². The summed E-state index contributed by atoms with van der Waals surface area (Å²) in [7, 11) is 0. The van der Waals surface area contributed by atoms with Crippen molar-refractivity contribution in [2.24, 2.45) is 0 Å². The van der Waals surface area contributed by atoms with Crippen molar-refractivity contribution in [1.29, 1.82) is 0 Å². The molecule has 2 aliphatic rings. The van der Waals surface area contributed by atoms with E-state index in [1.165, 1.54) is 12.0 Å². The summed E-state index contributed by atoms with van der Waals surface area (Å²) in [6.45, 7) is 4.99. The van der Waals surface area contributed by atoms with Crippen LogP contribution in [0.4, 0.5) is 17.1 Å². The van der Waals surface area contributed by atoms with Crippen LogP contribution < -0.4 is 25.2 Å². The normalized spacial score (nSPS) is 19.7. The number of halogens is 2. The van der Waals surface area contributed by atoms with E-state index in [9.17, 15) is 0 Å². The van der Waals surface area contributed by atoms with Crippen LogP contribution in [0.2, 0.25) is 10.0 Å². The predicted molar refractivity (Wildman–Crippen MR) is 183 cm³/mol. The topological polar surface area (TPSA) is 109 Å². The maximum atomic E-state index is 8.93. The number of benzene rings is 3. The van der Waals surface area contributed by atoms with Gasteiger partial charge in [-0.1, -0.05) is 29.3 Å². The fourth-order valence-electron chi connectivity index (χ4n) is 5.55. The average Bonchev–Trinajstić information content (AvgIpc) is 3.74. The maximum absolute atomic E-state index is 8.93. The first kappa shape index (κ1) is 32.3. The second kappa shape index (κ2) is 14.8. The van der Waals surface area contributed by atoms with Crippen LogP contribution in [-0.2, 0) is 21.8 Å². The lowest BCUT2D eigenvalue weighted by molar-refractivity contribution is -0.190. The van der Waals surface area contributed by atoms with E-state index < -0.39 is 5.79 Å². The smallest absolute Gasteiger partial charge is 0.217 e. The lowest BCUT2D eigenvalue weighted by Crippen LogP contribution is -2.46. The van der Waals surface area contributed by atoms with Crippen LogP contribution in [0, 0.1) is 0 Å². The highest BCUT2D eigenvalue weighted by molar-refractivity contribution is 7.80. The highest BCUT2D eigenvalue weighted by atomic mass is 35.5. The first-order valence-electron chi connectivity index (χ1n) is 15.0. The van der Waals surface area contributed by atoms with Crippen molar-refractivity contribution in [2.75, 3.05) is 67.7 Å². The van der Waals surface area contributed by atoms with Crippen LogP contribution >= 0.6 is 35.4 Å². The minimum Gasteiger partial charge on any atom is -0.491 e. The predicted octanol–water partition coefficient (Wildman–Crippen LogP) is 4.54.